The number of primary amides is 1. The van der Waals surface area contributed by atoms with Gasteiger partial charge in [-0.2, -0.15) is 0 Å². The highest BCUT2D eigenvalue weighted by Crippen LogP contribution is 2.21. The molecule has 24 heavy (non-hydrogen) atoms. The Labute approximate surface area is 142 Å². The number of benzene rings is 2. The molecule has 2 N–H and O–H groups in total. The Bertz CT molecular complexity index is 726. The molecule has 0 aromatic heterocycles. The van der Waals surface area contributed by atoms with E-state index in [9.17, 15) is 18.4 Å². The van der Waals surface area contributed by atoms with Crippen molar-refractivity contribution in [3.63, 3.8) is 0 Å². The summed E-state index contributed by atoms with van der Waals surface area (Å²) in [5.41, 5.74) is 6.06. The van der Waals surface area contributed by atoms with Crippen LogP contribution in [-0.2, 0) is 16.1 Å². The molecule has 2 aromatic carbocycles. The second-order valence-electron chi connectivity index (χ2n) is 5.07. The first kappa shape index (κ1) is 17.9. The quantitative estimate of drug-likeness (QED) is 0.781. The molecular formula is C17H16F2N2O2S. The van der Waals surface area contributed by atoms with E-state index in [-0.39, 0.29) is 24.7 Å². The highest BCUT2D eigenvalue weighted by molar-refractivity contribution is 8.00. The van der Waals surface area contributed by atoms with Gasteiger partial charge < -0.3 is 10.6 Å². The molecule has 0 atom stereocenters. The molecule has 2 rings (SSSR count). The van der Waals surface area contributed by atoms with Crippen LogP contribution in [0.1, 0.15) is 5.56 Å². The SMILES string of the molecule is NC(=O)CN(Cc1ccccc1)C(=O)CSc1ccc(F)c(F)c1. The minimum atomic E-state index is -0.967. The maximum absolute atomic E-state index is 13.2. The van der Waals surface area contributed by atoms with Crippen LogP contribution in [0.4, 0.5) is 8.78 Å². The van der Waals surface area contributed by atoms with Gasteiger partial charge in [0.2, 0.25) is 11.8 Å². The van der Waals surface area contributed by atoms with E-state index < -0.39 is 17.5 Å². The van der Waals surface area contributed by atoms with E-state index in [1.165, 1.54) is 11.0 Å². The van der Waals surface area contributed by atoms with Crippen LogP contribution in [0.2, 0.25) is 0 Å². The fourth-order valence-electron chi connectivity index (χ4n) is 2.03. The van der Waals surface area contributed by atoms with Crippen LogP contribution in [-0.4, -0.2) is 29.0 Å². The van der Waals surface area contributed by atoms with Crippen LogP contribution < -0.4 is 5.73 Å². The number of hydrogen-bond donors (Lipinski definition) is 1. The van der Waals surface area contributed by atoms with Crippen molar-refractivity contribution in [2.75, 3.05) is 12.3 Å². The third-order valence-electron chi connectivity index (χ3n) is 3.17. The summed E-state index contributed by atoms with van der Waals surface area (Å²) in [6, 6.07) is 12.6. The molecular weight excluding hydrogens is 334 g/mol. The van der Waals surface area contributed by atoms with Gasteiger partial charge in [0, 0.05) is 11.4 Å². The second-order valence-corrected chi connectivity index (χ2v) is 6.12. The first-order valence-corrected chi connectivity index (χ1v) is 8.12. The monoisotopic (exact) mass is 350 g/mol. The number of rotatable bonds is 7. The molecule has 0 bridgehead atoms. The van der Waals surface area contributed by atoms with Crippen LogP contribution in [0.5, 0.6) is 0 Å². The minimum absolute atomic E-state index is 0.00874. The van der Waals surface area contributed by atoms with Crippen LogP contribution in [0.15, 0.2) is 53.4 Å². The number of carbonyl (C=O) groups is 2. The molecule has 2 aromatic rings. The first-order chi connectivity index (χ1) is 11.5. The van der Waals surface area contributed by atoms with Crippen LogP contribution in [0.3, 0.4) is 0 Å². The van der Waals surface area contributed by atoms with Crippen molar-refractivity contribution in [1.82, 2.24) is 4.90 Å². The van der Waals surface area contributed by atoms with Crippen LogP contribution >= 0.6 is 11.8 Å². The molecule has 0 aliphatic carbocycles. The van der Waals surface area contributed by atoms with Crippen LogP contribution in [0.25, 0.3) is 0 Å². The number of amides is 2. The van der Waals surface area contributed by atoms with Crippen molar-refractivity contribution in [1.29, 1.82) is 0 Å². The first-order valence-electron chi connectivity index (χ1n) is 7.13. The van der Waals surface area contributed by atoms with Gasteiger partial charge in [-0.1, -0.05) is 30.3 Å². The van der Waals surface area contributed by atoms with E-state index in [1.54, 1.807) is 0 Å². The van der Waals surface area contributed by atoms with Gasteiger partial charge >= 0.3 is 0 Å². The zero-order valence-electron chi connectivity index (χ0n) is 12.7. The summed E-state index contributed by atoms with van der Waals surface area (Å²) in [7, 11) is 0. The average molecular weight is 350 g/mol. The third kappa shape index (κ3) is 5.34. The molecule has 0 unspecified atom stereocenters. The van der Waals surface area contributed by atoms with Gasteiger partial charge in [0.05, 0.1) is 12.3 Å². The van der Waals surface area contributed by atoms with Crippen LogP contribution in [0, 0.1) is 11.6 Å². The smallest absolute Gasteiger partial charge is 0.237 e. The summed E-state index contributed by atoms with van der Waals surface area (Å²) >= 11 is 1.07. The lowest BCUT2D eigenvalue weighted by Gasteiger charge is -2.21. The van der Waals surface area contributed by atoms with Crippen molar-refractivity contribution >= 4 is 23.6 Å². The Morgan fingerprint density at radius 1 is 1.04 bits per heavy atom. The zero-order chi connectivity index (χ0) is 17.5. The van der Waals surface area contributed by atoms with Gasteiger partial charge in [-0.15, -0.1) is 11.8 Å². The largest absolute Gasteiger partial charge is 0.368 e. The summed E-state index contributed by atoms with van der Waals surface area (Å²) in [5.74, 6) is -2.84. The fourth-order valence-corrected chi connectivity index (χ4v) is 2.85. The van der Waals surface area contributed by atoms with Gasteiger partial charge in [-0.05, 0) is 23.8 Å². The minimum Gasteiger partial charge on any atom is -0.368 e. The van der Waals surface area contributed by atoms with E-state index >= 15 is 0 Å². The molecule has 0 heterocycles. The number of thioether (sulfide) groups is 1. The Hall–Kier alpha value is -2.41. The lowest BCUT2D eigenvalue weighted by Crippen LogP contribution is -2.38. The predicted molar refractivity (Wildman–Crippen MR) is 88.1 cm³/mol. The highest BCUT2D eigenvalue weighted by atomic mass is 32.2. The molecule has 126 valence electrons. The van der Waals surface area contributed by atoms with Crippen molar-refractivity contribution in [2.24, 2.45) is 5.73 Å². The lowest BCUT2D eigenvalue weighted by molar-refractivity contribution is -0.133. The Kier molecular flexibility index (Phi) is 6.31. The summed E-state index contributed by atoms with van der Waals surface area (Å²) in [6.07, 6.45) is 0. The summed E-state index contributed by atoms with van der Waals surface area (Å²) < 4.78 is 26.1. The normalized spacial score (nSPS) is 10.4. The number of halogens is 2. The van der Waals surface area contributed by atoms with Gasteiger partial charge in [0.25, 0.3) is 0 Å². The molecule has 0 aliphatic heterocycles. The van der Waals surface area contributed by atoms with E-state index in [0.717, 1.165) is 29.5 Å². The Morgan fingerprint density at radius 2 is 1.75 bits per heavy atom. The Balaban J connectivity index is 2.01. The van der Waals surface area contributed by atoms with E-state index in [1.807, 2.05) is 30.3 Å². The summed E-state index contributed by atoms with van der Waals surface area (Å²) in [4.78, 5) is 25.3. The van der Waals surface area contributed by atoms with Gasteiger partial charge in [0.15, 0.2) is 11.6 Å². The third-order valence-corrected chi connectivity index (χ3v) is 4.15. The number of nitrogens with zero attached hydrogens (tertiary/aromatic N) is 1. The molecule has 0 saturated heterocycles. The fraction of sp³-hybridized carbons (Fsp3) is 0.176. The summed E-state index contributed by atoms with van der Waals surface area (Å²) in [5, 5.41) is 0. The molecule has 0 radical (unpaired) electrons. The molecule has 0 aliphatic rings. The van der Waals surface area contributed by atoms with Gasteiger partial charge in [0.1, 0.15) is 0 Å². The van der Waals surface area contributed by atoms with Crippen molar-refractivity contribution in [3.8, 4) is 0 Å². The van der Waals surface area contributed by atoms with Crippen molar-refractivity contribution < 1.29 is 18.4 Å². The van der Waals surface area contributed by atoms with Gasteiger partial charge in [-0.3, -0.25) is 9.59 Å². The zero-order valence-corrected chi connectivity index (χ0v) is 13.6. The second kappa shape index (κ2) is 8.44. The molecule has 0 saturated carbocycles. The molecule has 2 amide bonds. The van der Waals surface area contributed by atoms with Crippen molar-refractivity contribution in [3.05, 3.63) is 65.7 Å². The molecule has 4 nitrogen and oxygen atoms in total. The van der Waals surface area contributed by atoms with E-state index in [4.69, 9.17) is 5.73 Å². The maximum Gasteiger partial charge on any atom is 0.237 e. The number of hydrogen-bond acceptors (Lipinski definition) is 3. The number of carbonyl (C=O) groups excluding carboxylic acids is 2. The lowest BCUT2D eigenvalue weighted by atomic mass is 10.2. The van der Waals surface area contributed by atoms with Crippen molar-refractivity contribution in [2.45, 2.75) is 11.4 Å². The molecule has 0 fully saturated rings. The standard InChI is InChI=1S/C17H16F2N2O2S/c18-14-7-6-13(8-15(14)19)24-11-17(23)21(10-16(20)22)9-12-4-2-1-3-5-12/h1-8H,9-11H2,(H2,20,22). The van der Waals surface area contributed by atoms with Gasteiger partial charge in [-0.25, -0.2) is 8.78 Å². The van der Waals surface area contributed by atoms with E-state index in [0.29, 0.717) is 4.90 Å². The highest BCUT2D eigenvalue weighted by Gasteiger charge is 2.17. The number of nitrogens with two attached hydrogens (primary N) is 1. The molecule has 0 spiro atoms. The average Bonchev–Trinajstić information content (AvgIpc) is 2.55. The summed E-state index contributed by atoms with van der Waals surface area (Å²) in [6.45, 7) is 0.0486. The van der Waals surface area contributed by atoms with E-state index in [2.05, 4.69) is 0 Å². The predicted octanol–water partition coefficient (Wildman–Crippen LogP) is 2.57. The maximum atomic E-state index is 13.2. The molecule has 7 heteroatoms. The topological polar surface area (TPSA) is 63.4 Å². The Morgan fingerprint density at radius 3 is 2.38 bits per heavy atom.